The normalized spacial score (nSPS) is 12.5. The Kier molecular flexibility index (Phi) is 6.28. The number of amides is 1. The molecule has 0 bridgehead atoms. The molecule has 0 saturated carbocycles. The van der Waals surface area contributed by atoms with Gasteiger partial charge in [0.1, 0.15) is 5.75 Å². The average Bonchev–Trinajstić information content (AvgIpc) is 2.57. The summed E-state index contributed by atoms with van der Waals surface area (Å²) in [5.74, 6) is -0.0948. The van der Waals surface area contributed by atoms with Gasteiger partial charge >= 0.3 is 0 Å². The van der Waals surface area contributed by atoms with Gasteiger partial charge in [-0.05, 0) is 62.2 Å². The first-order valence-electron chi connectivity index (χ1n) is 7.88. The lowest BCUT2D eigenvalue weighted by Crippen LogP contribution is -2.41. The summed E-state index contributed by atoms with van der Waals surface area (Å²) < 4.78 is 32.3. The average molecular weight is 397 g/mol. The largest absolute Gasteiger partial charge is 0.495 e. The molecule has 2 aromatic rings. The van der Waals surface area contributed by atoms with Gasteiger partial charge in [-0.2, -0.15) is 4.72 Å². The molecule has 0 aliphatic heterocycles. The Morgan fingerprint density at radius 1 is 1.12 bits per heavy atom. The molecule has 0 saturated heterocycles. The Morgan fingerprint density at radius 3 is 2.38 bits per heavy atom. The van der Waals surface area contributed by atoms with E-state index in [1.165, 1.54) is 32.2 Å². The molecule has 0 aliphatic rings. The van der Waals surface area contributed by atoms with Gasteiger partial charge in [0.05, 0.1) is 23.1 Å². The number of halogens is 1. The lowest BCUT2D eigenvalue weighted by molar-refractivity contribution is -0.117. The van der Waals surface area contributed by atoms with Crippen LogP contribution >= 0.6 is 11.6 Å². The molecular weight excluding hydrogens is 376 g/mol. The zero-order valence-corrected chi connectivity index (χ0v) is 16.5. The van der Waals surface area contributed by atoms with Crippen molar-refractivity contribution in [3.8, 4) is 5.75 Å². The molecule has 8 heteroatoms. The fourth-order valence-corrected chi connectivity index (χ4v) is 3.79. The molecule has 0 aliphatic carbocycles. The minimum absolute atomic E-state index is 0.0471. The van der Waals surface area contributed by atoms with Crippen LogP contribution in [0.1, 0.15) is 18.1 Å². The van der Waals surface area contributed by atoms with Gasteiger partial charge in [0.2, 0.25) is 15.9 Å². The number of methoxy groups -OCH3 is 1. The Hall–Kier alpha value is -2.09. The molecule has 0 spiro atoms. The molecule has 0 heterocycles. The van der Waals surface area contributed by atoms with E-state index in [-0.39, 0.29) is 9.92 Å². The highest BCUT2D eigenvalue weighted by Gasteiger charge is 2.23. The second kappa shape index (κ2) is 8.07. The Labute approximate surface area is 158 Å². The van der Waals surface area contributed by atoms with Crippen LogP contribution in [0.15, 0.2) is 41.3 Å². The number of hydrogen-bond donors (Lipinski definition) is 2. The van der Waals surface area contributed by atoms with Crippen molar-refractivity contribution < 1.29 is 17.9 Å². The van der Waals surface area contributed by atoms with Crippen LogP contribution in [0.5, 0.6) is 5.75 Å². The maximum atomic E-state index is 12.5. The van der Waals surface area contributed by atoms with Gasteiger partial charge in [0.15, 0.2) is 0 Å². The molecular formula is C18H21ClN2O4S. The summed E-state index contributed by atoms with van der Waals surface area (Å²) in [5.41, 5.74) is 2.74. The standard InChI is InChI=1S/C18H21ClN2O4S/c1-11-5-6-14(9-12(11)2)20-18(22)13(3)21-26(23,24)15-7-8-17(25-4)16(19)10-15/h5-10,13,21H,1-4H3,(H,20,22)/t13-/m0/s1. The van der Waals surface area contributed by atoms with E-state index >= 15 is 0 Å². The number of sulfonamides is 1. The number of nitrogens with one attached hydrogen (secondary N) is 2. The highest BCUT2D eigenvalue weighted by Crippen LogP contribution is 2.27. The summed E-state index contributed by atoms with van der Waals surface area (Å²) in [6.07, 6.45) is 0. The topological polar surface area (TPSA) is 84.5 Å². The van der Waals surface area contributed by atoms with Crippen LogP contribution in [-0.2, 0) is 14.8 Å². The van der Waals surface area contributed by atoms with Crippen molar-refractivity contribution in [3.05, 3.63) is 52.5 Å². The number of carbonyl (C=O) groups is 1. The van der Waals surface area contributed by atoms with Gasteiger partial charge in [-0.15, -0.1) is 0 Å². The summed E-state index contributed by atoms with van der Waals surface area (Å²) >= 11 is 5.97. The monoisotopic (exact) mass is 396 g/mol. The number of hydrogen-bond acceptors (Lipinski definition) is 4. The van der Waals surface area contributed by atoms with Gasteiger partial charge < -0.3 is 10.1 Å². The van der Waals surface area contributed by atoms with E-state index in [0.717, 1.165) is 11.1 Å². The summed E-state index contributed by atoms with van der Waals surface area (Å²) in [5, 5.41) is 2.87. The molecule has 140 valence electrons. The van der Waals surface area contributed by atoms with Crippen LogP contribution < -0.4 is 14.8 Å². The van der Waals surface area contributed by atoms with Crippen molar-refractivity contribution in [3.63, 3.8) is 0 Å². The van der Waals surface area contributed by atoms with E-state index in [2.05, 4.69) is 10.0 Å². The number of anilines is 1. The van der Waals surface area contributed by atoms with Crippen molar-refractivity contribution in [1.82, 2.24) is 4.72 Å². The van der Waals surface area contributed by atoms with Gasteiger partial charge in [-0.3, -0.25) is 4.79 Å². The highest BCUT2D eigenvalue weighted by atomic mass is 35.5. The molecule has 1 amide bonds. The first-order valence-corrected chi connectivity index (χ1v) is 9.74. The van der Waals surface area contributed by atoms with Crippen molar-refractivity contribution in [2.45, 2.75) is 31.7 Å². The molecule has 0 fully saturated rings. The smallest absolute Gasteiger partial charge is 0.242 e. The third kappa shape index (κ3) is 4.75. The minimum atomic E-state index is -3.91. The van der Waals surface area contributed by atoms with E-state index in [1.54, 1.807) is 6.07 Å². The zero-order chi connectivity index (χ0) is 19.5. The van der Waals surface area contributed by atoms with Crippen molar-refractivity contribution in [2.75, 3.05) is 12.4 Å². The number of rotatable bonds is 6. The van der Waals surface area contributed by atoms with Gasteiger partial charge in [-0.25, -0.2) is 8.42 Å². The molecule has 2 N–H and O–H groups in total. The summed E-state index contributed by atoms with van der Waals surface area (Å²) in [6, 6.07) is 8.61. The maximum absolute atomic E-state index is 12.5. The minimum Gasteiger partial charge on any atom is -0.495 e. The van der Waals surface area contributed by atoms with Gasteiger partial charge in [-0.1, -0.05) is 17.7 Å². The number of benzene rings is 2. The van der Waals surface area contributed by atoms with Gasteiger partial charge in [0.25, 0.3) is 0 Å². The van der Waals surface area contributed by atoms with Crippen LogP contribution in [0.3, 0.4) is 0 Å². The van der Waals surface area contributed by atoms with Crippen LogP contribution in [0.2, 0.25) is 5.02 Å². The summed E-state index contributed by atoms with van der Waals surface area (Å²) in [6.45, 7) is 5.38. The predicted octanol–water partition coefficient (Wildman–Crippen LogP) is 3.27. The first kappa shape index (κ1) is 20.2. The second-order valence-electron chi connectivity index (χ2n) is 5.93. The predicted molar refractivity (Wildman–Crippen MR) is 102 cm³/mol. The van der Waals surface area contributed by atoms with E-state index in [1.807, 2.05) is 26.0 Å². The van der Waals surface area contributed by atoms with Gasteiger partial charge in [0, 0.05) is 5.69 Å². The third-order valence-electron chi connectivity index (χ3n) is 3.93. The Bertz CT molecular complexity index is 929. The molecule has 0 radical (unpaired) electrons. The van der Waals surface area contributed by atoms with Crippen LogP contribution in [0.25, 0.3) is 0 Å². The third-order valence-corrected chi connectivity index (χ3v) is 5.77. The van der Waals surface area contributed by atoms with Crippen LogP contribution in [0.4, 0.5) is 5.69 Å². The SMILES string of the molecule is COc1ccc(S(=O)(=O)N[C@@H](C)C(=O)Nc2ccc(C)c(C)c2)cc1Cl. The number of aryl methyl sites for hydroxylation is 2. The quantitative estimate of drug-likeness (QED) is 0.784. The van der Waals surface area contributed by atoms with E-state index in [0.29, 0.717) is 11.4 Å². The first-order chi connectivity index (χ1) is 12.1. The van der Waals surface area contributed by atoms with Crippen molar-refractivity contribution >= 4 is 33.2 Å². The lowest BCUT2D eigenvalue weighted by Gasteiger charge is -2.15. The molecule has 2 aromatic carbocycles. The fourth-order valence-electron chi connectivity index (χ4n) is 2.24. The van der Waals surface area contributed by atoms with Crippen molar-refractivity contribution in [2.24, 2.45) is 0 Å². The number of carbonyl (C=O) groups excluding carboxylic acids is 1. The van der Waals surface area contributed by atoms with Crippen LogP contribution in [0, 0.1) is 13.8 Å². The second-order valence-corrected chi connectivity index (χ2v) is 8.05. The Morgan fingerprint density at radius 2 is 1.81 bits per heavy atom. The molecule has 0 unspecified atom stereocenters. The lowest BCUT2D eigenvalue weighted by atomic mass is 10.1. The van der Waals surface area contributed by atoms with E-state index < -0.39 is 22.0 Å². The van der Waals surface area contributed by atoms with Crippen molar-refractivity contribution in [1.29, 1.82) is 0 Å². The molecule has 2 rings (SSSR count). The summed E-state index contributed by atoms with van der Waals surface area (Å²) in [7, 11) is -2.47. The fraction of sp³-hybridized carbons (Fsp3) is 0.278. The maximum Gasteiger partial charge on any atom is 0.242 e. The van der Waals surface area contributed by atoms with E-state index in [4.69, 9.17) is 16.3 Å². The zero-order valence-electron chi connectivity index (χ0n) is 15.0. The molecule has 0 aromatic heterocycles. The molecule has 26 heavy (non-hydrogen) atoms. The van der Waals surface area contributed by atoms with Crippen LogP contribution in [-0.4, -0.2) is 27.5 Å². The highest BCUT2D eigenvalue weighted by molar-refractivity contribution is 7.89. The molecule has 1 atom stereocenters. The molecule has 6 nitrogen and oxygen atoms in total. The number of ether oxygens (including phenoxy) is 1. The Balaban J connectivity index is 2.11. The summed E-state index contributed by atoms with van der Waals surface area (Å²) in [4.78, 5) is 12.3. The van der Waals surface area contributed by atoms with E-state index in [9.17, 15) is 13.2 Å².